The number of nitrogens with one attached hydrogen (secondary N) is 1. The molecule has 0 aromatic heterocycles. The molecule has 1 aliphatic rings. The van der Waals surface area contributed by atoms with Gasteiger partial charge in [0.15, 0.2) is 0 Å². The Labute approximate surface area is 146 Å². The Morgan fingerprint density at radius 1 is 1.08 bits per heavy atom. The summed E-state index contributed by atoms with van der Waals surface area (Å²) in [5, 5.41) is 22.1. The Balaban J connectivity index is 1.60. The second-order valence-electron chi connectivity index (χ2n) is 6.35. The molecule has 0 radical (unpaired) electrons. The maximum absolute atomic E-state index is 12.3. The van der Waals surface area contributed by atoms with Gasteiger partial charge in [-0.1, -0.05) is 36.4 Å². The van der Waals surface area contributed by atoms with Crippen molar-refractivity contribution in [1.29, 1.82) is 0 Å². The standard InChI is InChI=1S/C20H21NO4/c22-17-11-10-14-3-1-2-4-16(14)19(17)21-18(23)12-7-13-5-8-15(9-6-13)20(24)25/h1-6,8-9,17,19,22H,7,10-12H2,(H,21,23)(H,24,25)/t17-,19+/m1/s1. The van der Waals surface area contributed by atoms with Crippen LogP contribution in [0.3, 0.4) is 0 Å². The number of carbonyl (C=O) groups is 2. The number of aromatic carboxylic acids is 1. The lowest BCUT2D eigenvalue weighted by molar-refractivity contribution is -0.122. The highest BCUT2D eigenvalue weighted by molar-refractivity contribution is 5.87. The molecule has 3 rings (SSSR count). The third-order valence-corrected chi connectivity index (χ3v) is 4.64. The first-order chi connectivity index (χ1) is 12.0. The van der Waals surface area contributed by atoms with Crippen molar-refractivity contribution in [3.63, 3.8) is 0 Å². The minimum Gasteiger partial charge on any atom is -0.478 e. The summed E-state index contributed by atoms with van der Waals surface area (Å²) in [6, 6.07) is 14.0. The van der Waals surface area contributed by atoms with Crippen LogP contribution in [0.2, 0.25) is 0 Å². The second-order valence-corrected chi connectivity index (χ2v) is 6.35. The predicted octanol–water partition coefficient (Wildman–Crippen LogP) is 2.48. The predicted molar refractivity (Wildman–Crippen MR) is 93.4 cm³/mol. The summed E-state index contributed by atoms with van der Waals surface area (Å²) in [6.07, 6.45) is 1.69. The summed E-state index contributed by atoms with van der Waals surface area (Å²) in [4.78, 5) is 23.1. The number of hydrogen-bond donors (Lipinski definition) is 3. The number of rotatable bonds is 5. The Kier molecular flexibility index (Phi) is 5.14. The normalized spacial score (nSPS) is 19.1. The molecule has 25 heavy (non-hydrogen) atoms. The molecule has 5 nitrogen and oxygen atoms in total. The molecule has 0 unspecified atom stereocenters. The van der Waals surface area contributed by atoms with E-state index in [1.165, 1.54) is 17.7 Å². The molecule has 0 saturated heterocycles. The summed E-state index contributed by atoms with van der Waals surface area (Å²) < 4.78 is 0. The van der Waals surface area contributed by atoms with Gasteiger partial charge < -0.3 is 15.5 Å². The van der Waals surface area contributed by atoms with Crippen LogP contribution in [0, 0.1) is 0 Å². The Hall–Kier alpha value is -2.66. The molecule has 0 fully saturated rings. The van der Waals surface area contributed by atoms with Crippen LogP contribution in [-0.4, -0.2) is 28.2 Å². The number of carboxylic acids is 1. The fourth-order valence-corrected chi connectivity index (χ4v) is 3.23. The molecule has 0 spiro atoms. The van der Waals surface area contributed by atoms with Gasteiger partial charge in [-0.15, -0.1) is 0 Å². The average Bonchev–Trinajstić information content (AvgIpc) is 2.63. The number of fused-ring (bicyclic) bond motifs is 1. The van der Waals surface area contributed by atoms with E-state index in [9.17, 15) is 14.7 Å². The molecule has 3 N–H and O–H groups in total. The van der Waals surface area contributed by atoms with Crippen LogP contribution in [0.1, 0.15) is 45.9 Å². The summed E-state index contributed by atoms with van der Waals surface area (Å²) in [5.41, 5.74) is 3.29. The van der Waals surface area contributed by atoms with Gasteiger partial charge in [0, 0.05) is 6.42 Å². The van der Waals surface area contributed by atoms with Gasteiger partial charge in [-0.25, -0.2) is 4.79 Å². The lowest BCUT2D eigenvalue weighted by Crippen LogP contribution is -2.39. The smallest absolute Gasteiger partial charge is 0.335 e. The number of hydrogen-bond acceptors (Lipinski definition) is 3. The van der Waals surface area contributed by atoms with Gasteiger partial charge in [-0.05, 0) is 48.1 Å². The third-order valence-electron chi connectivity index (χ3n) is 4.64. The molecule has 2 aromatic rings. The van der Waals surface area contributed by atoms with E-state index in [1.807, 2.05) is 24.3 Å². The first kappa shape index (κ1) is 17.2. The van der Waals surface area contributed by atoms with Crippen molar-refractivity contribution in [3.8, 4) is 0 Å². The maximum Gasteiger partial charge on any atom is 0.335 e. The number of carbonyl (C=O) groups excluding carboxylic acids is 1. The number of amides is 1. The van der Waals surface area contributed by atoms with E-state index >= 15 is 0 Å². The highest BCUT2D eigenvalue weighted by atomic mass is 16.4. The Morgan fingerprint density at radius 2 is 1.80 bits per heavy atom. The van der Waals surface area contributed by atoms with Crippen LogP contribution in [0.4, 0.5) is 0 Å². The second kappa shape index (κ2) is 7.49. The maximum atomic E-state index is 12.3. The molecule has 0 heterocycles. The van der Waals surface area contributed by atoms with Gasteiger partial charge in [-0.3, -0.25) is 4.79 Å². The molecule has 0 aliphatic heterocycles. The average molecular weight is 339 g/mol. The molecule has 2 aromatic carbocycles. The molecular formula is C20H21NO4. The zero-order chi connectivity index (χ0) is 17.8. The lowest BCUT2D eigenvalue weighted by Gasteiger charge is -2.31. The van der Waals surface area contributed by atoms with E-state index in [0.717, 1.165) is 17.5 Å². The number of aryl methyl sites for hydroxylation is 2. The summed E-state index contributed by atoms with van der Waals surface area (Å²) in [6.45, 7) is 0. The van der Waals surface area contributed by atoms with Crippen LogP contribution >= 0.6 is 0 Å². The van der Waals surface area contributed by atoms with Crippen molar-refractivity contribution >= 4 is 11.9 Å². The van der Waals surface area contributed by atoms with Gasteiger partial charge in [0.2, 0.25) is 5.91 Å². The topological polar surface area (TPSA) is 86.6 Å². The van der Waals surface area contributed by atoms with Crippen molar-refractivity contribution in [2.24, 2.45) is 0 Å². The minimum absolute atomic E-state index is 0.122. The Morgan fingerprint density at radius 3 is 2.52 bits per heavy atom. The van der Waals surface area contributed by atoms with Crippen molar-refractivity contribution in [1.82, 2.24) is 5.32 Å². The summed E-state index contributed by atoms with van der Waals surface area (Å²) >= 11 is 0. The van der Waals surface area contributed by atoms with Crippen LogP contribution in [-0.2, 0) is 17.6 Å². The van der Waals surface area contributed by atoms with Crippen LogP contribution < -0.4 is 5.32 Å². The van der Waals surface area contributed by atoms with Crippen molar-refractivity contribution in [3.05, 3.63) is 70.8 Å². The van der Waals surface area contributed by atoms with E-state index < -0.39 is 12.1 Å². The first-order valence-electron chi connectivity index (χ1n) is 8.42. The van der Waals surface area contributed by atoms with Gasteiger partial charge >= 0.3 is 5.97 Å². The van der Waals surface area contributed by atoms with Crippen LogP contribution in [0.5, 0.6) is 0 Å². The monoisotopic (exact) mass is 339 g/mol. The molecule has 0 bridgehead atoms. The highest BCUT2D eigenvalue weighted by Gasteiger charge is 2.28. The van der Waals surface area contributed by atoms with E-state index in [1.54, 1.807) is 12.1 Å². The third kappa shape index (κ3) is 4.06. The van der Waals surface area contributed by atoms with Gasteiger partial charge in [-0.2, -0.15) is 0 Å². The number of aliphatic hydroxyl groups is 1. The van der Waals surface area contributed by atoms with E-state index in [0.29, 0.717) is 12.8 Å². The molecule has 5 heteroatoms. The van der Waals surface area contributed by atoms with E-state index in [4.69, 9.17) is 5.11 Å². The van der Waals surface area contributed by atoms with Gasteiger partial charge in [0.25, 0.3) is 0 Å². The summed E-state index contributed by atoms with van der Waals surface area (Å²) in [7, 11) is 0. The van der Waals surface area contributed by atoms with Gasteiger partial charge in [0.1, 0.15) is 0 Å². The SMILES string of the molecule is O=C(CCc1ccc(C(=O)O)cc1)N[C@H]1c2ccccc2CC[C@H]1O. The zero-order valence-corrected chi connectivity index (χ0v) is 13.8. The van der Waals surface area contributed by atoms with Crippen molar-refractivity contribution in [2.45, 2.75) is 37.8 Å². The highest BCUT2D eigenvalue weighted by Crippen LogP contribution is 2.29. The minimum atomic E-state index is -0.964. The van der Waals surface area contributed by atoms with E-state index in [-0.39, 0.29) is 23.9 Å². The quantitative estimate of drug-likeness (QED) is 0.781. The van der Waals surface area contributed by atoms with Crippen LogP contribution in [0.25, 0.3) is 0 Å². The largest absolute Gasteiger partial charge is 0.478 e. The molecule has 130 valence electrons. The fraction of sp³-hybridized carbons (Fsp3) is 0.300. The van der Waals surface area contributed by atoms with E-state index in [2.05, 4.69) is 5.32 Å². The number of carboxylic acid groups (broad SMARTS) is 1. The van der Waals surface area contributed by atoms with Crippen molar-refractivity contribution < 1.29 is 19.8 Å². The Bertz CT molecular complexity index is 770. The lowest BCUT2D eigenvalue weighted by atomic mass is 9.85. The molecule has 1 amide bonds. The molecule has 2 atom stereocenters. The molecular weight excluding hydrogens is 318 g/mol. The fourth-order valence-electron chi connectivity index (χ4n) is 3.23. The van der Waals surface area contributed by atoms with Gasteiger partial charge in [0.05, 0.1) is 17.7 Å². The van der Waals surface area contributed by atoms with Crippen LogP contribution in [0.15, 0.2) is 48.5 Å². The molecule has 0 saturated carbocycles. The number of aliphatic hydroxyl groups excluding tert-OH is 1. The number of benzene rings is 2. The molecule has 1 aliphatic carbocycles. The summed E-state index contributed by atoms with van der Waals surface area (Å²) in [5.74, 6) is -1.09. The zero-order valence-electron chi connectivity index (χ0n) is 13.8. The van der Waals surface area contributed by atoms with Crippen molar-refractivity contribution in [2.75, 3.05) is 0 Å². The first-order valence-corrected chi connectivity index (χ1v) is 8.42.